The third-order valence-electron chi connectivity index (χ3n) is 1.40. The molecule has 0 aliphatic rings. The Hall–Kier alpha value is -1.30. The molecule has 4 nitrogen and oxygen atoms in total. The lowest BCUT2D eigenvalue weighted by Crippen LogP contribution is -2.01. The highest BCUT2D eigenvalue weighted by Gasteiger charge is 2.08. The van der Waals surface area contributed by atoms with Crippen molar-refractivity contribution in [2.24, 2.45) is 0 Å². The minimum Gasteiger partial charge on any atom is -0.243 e. The fourth-order valence-electron chi connectivity index (χ4n) is 0.887. The first-order chi connectivity index (χ1) is 6.27. The Morgan fingerprint density at radius 3 is 2.54 bits per heavy atom. The molecule has 2 aromatic heterocycles. The van der Waals surface area contributed by atoms with E-state index in [9.17, 15) is 4.39 Å². The molecule has 2 rings (SSSR count). The second-order valence-electron chi connectivity index (χ2n) is 2.25. The molecule has 0 fully saturated rings. The Kier molecular flexibility index (Phi) is 2.05. The van der Waals surface area contributed by atoms with Gasteiger partial charge in [-0.15, -0.1) is 0 Å². The van der Waals surface area contributed by atoms with Crippen LogP contribution in [0.15, 0.2) is 29.3 Å². The van der Waals surface area contributed by atoms with Gasteiger partial charge in [0.05, 0.1) is 0 Å². The van der Waals surface area contributed by atoms with Crippen LogP contribution in [0.25, 0.3) is 5.95 Å². The van der Waals surface area contributed by atoms with Crippen LogP contribution in [0.5, 0.6) is 0 Å². The van der Waals surface area contributed by atoms with Gasteiger partial charge < -0.3 is 0 Å². The van der Waals surface area contributed by atoms with Gasteiger partial charge in [-0.05, 0) is 22.0 Å². The van der Waals surface area contributed by atoms with Crippen molar-refractivity contribution in [1.82, 2.24) is 19.5 Å². The molecule has 0 atom stereocenters. The highest BCUT2D eigenvalue weighted by molar-refractivity contribution is 9.10. The van der Waals surface area contributed by atoms with E-state index in [2.05, 4.69) is 30.9 Å². The van der Waals surface area contributed by atoms with Crippen molar-refractivity contribution in [3.05, 3.63) is 35.3 Å². The van der Waals surface area contributed by atoms with E-state index >= 15 is 0 Å². The van der Waals surface area contributed by atoms with Crippen LogP contribution < -0.4 is 0 Å². The quantitative estimate of drug-likeness (QED) is 0.763. The van der Waals surface area contributed by atoms with Crippen molar-refractivity contribution < 1.29 is 4.39 Å². The van der Waals surface area contributed by atoms with Crippen LogP contribution in [0.1, 0.15) is 0 Å². The molecule has 0 aromatic carbocycles. The molecule has 2 aromatic rings. The van der Waals surface area contributed by atoms with E-state index in [1.807, 2.05) is 0 Å². The van der Waals surface area contributed by atoms with Crippen molar-refractivity contribution in [3.8, 4) is 5.95 Å². The largest absolute Gasteiger partial charge is 0.297 e. The van der Waals surface area contributed by atoms with Gasteiger partial charge in [0.2, 0.25) is 5.95 Å². The number of halogens is 2. The van der Waals surface area contributed by atoms with Crippen molar-refractivity contribution in [3.63, 3.8) is 0 Å². The van der Waals surface area contributed by atoms with Crippen LogP contribution in [-0.2, 0) is 0 Å². The molecule has 0 saturated heterocycles. The maximum absolute atomic E-state index is 13.0. The molecule has 0 amide bonds. The van der Waals surface area contributed by atoms with E-state index in [-0.39, 0.29) is 5.95 Å². The van der Waals surface area contributed by atoms with Crippen LogP contribution in [-0.4, -0.2) is 19.5 Å². The van der Waals surface area contributed by atoms with Gasteiger partial charge in [-0.1, -0.05) is 0 Å². The predicted octanol–water partition coefficient (Wildman–Crippen LogP) is 1.56. The fourth-order valence-corrected chi connectivity index (χ4v) is 1.24. The highest BCUT2D eigenvalue weighted by Crippen LogP contribution is 2.11. The summed E-state index contributed by atoms with van der Waals surface area (Å²) in [7, 11) is 0. The molecule has 0 saturated carbocycles. The zero-order chi connectivity index (χ0) is 9.26. The van der Waals surface area contributed by atoms with Crippen LogP contribution in [0, 0.1) is 6.08 Å². The van der Waals surface area contributed by atoms with E-state index in [0.717, 1.165) is 4.57 Å². The lowest BCUT2D eigenvalue weighted by atomic mass is 10.7. The topological polar surface area (TPSA) is 43.6 Å². The number of aromatic nitrogens is 4. The monoisotopic (exact) mass is 242 g/mol. The summed E-state index contributed by atoms with van der Waals surface area (Å²) in [6.07, 6.45) is 3.90. The first-order valence-electron chi connectivity index (χ1n) is 3.45. The van der Waals surface area contributed by atoms with Gasteiger partial charge in [-0.25, -0.2) is 14.5 Å². The van der Waals surface area contributed by atoms with E-state index in [0.29, 0.717) is 4.60 Å². The molecule has 0 N–H and O–H groups in total. The third-order valence-corrected chi connectivity index (χ3v) is 1.78. The van der Waals surface area contributed by atoms with Gasteiger partial charge in [-0.2, -0.15) is 9.37 Å². The maximum atomic E-state index is 13.0. The fraction of sp³-hybridized carbons (Fsp3) is 0. The molecular formula is C7H4BrFN4. The second kappa shape index (κ2) is 3.21. The van der Waals surface area contributed by atoms with E-state index < -0.39 is 6.08 Å². The molecule has 66 valence electrons. The number of imidazole rings is 1. The van der Waals surface area contributed by atoms with E-state index in [1.54, 1.807) is 6.07 Å². The molecule has 6 heteroatoms. The smallest absolute Gasteiger partial charge is 0.243 e. The van der Waals surface area contributed by atoms with Crippen molar-refractivity contribution in [1.29, 1.82) is 0 Å². The number of rotatable bonds is 1. The van der Waals surface area contributed by atoms with Crippen LogP contribution in [0.4, 0.5) is 4.39 Å². The number of hydrogen-bond acceptors (Lipinski definition) is 3. The van der Waals surface area contributed by atoms with Crippen molar-refractivity contribution in [2.75, 3.05) is 0 Å². The standard InChI is InChI=1S/C7H4BrFN4/c8-5-4-13(6(9)12-5)7-10-2-1-3-11-7/h1-4H. The summed E-state index contributed by atoms with van der Waals surface area (Å²) in [6.45, 7) is 0. The molecule has 0 aliphatic carbocycles. The summed E-state index contributed by atoms with van der Waals surface area (Å²) in [5.74, 6) is 0.262. The molecular weight excluding hydrogens is 239 g/mol. The highest BCUT2D eigenvalue weighted by atomic mass is 79.9. The summed E-state index contributed by atoms with van der Waals surface area (Å²) in [5, 5.41) is 0. The van der Waals surface area contributed by atoms with Crippen molar-refractivity contribution >= 4 is 15.9 Å². The number of hydrogen-bond donors (Lipinski definition) is 0. The van der Waals surface area contributed by atoms with E-state index in [4.69, 9.17) is 0 Å². The SMILES string of the molecule is Fc1nc(Br)cn1-c1ncccn1. The Balaban J connectivity index is 2.53. The van der Waals surface area contributed by atoms with E-state index in [1.165, 1.54) is 18.6 Å². The van der Waals surface area contributed by atoms with Gasteiger partial charge in [0.1, 0.15) is 4.60 Å². The van der Waals surface area contributed by atoms with Gasteiger partial charge >= 0.3 is 0 Å². The normalized spacial score (nSPS) is 10.3. The average Bonchev–Trinajstić information content (AvgIpc) is 2.47. The predicted molar refractivity (Wildman–Crippen MR) is 46.8 cm³/mol. The summed E-state index contributed by atoms with van der Waals surface area (Å²) < 4.78 is 14.6. The molecule has 0 bridgehead atoms. The third kappa shape index (κ3) is 1.57. The zero-order valence-corrected chi connectivity index (χ0v) is 7.94. The molecule has 0 radical (unpaired) electrons. The Labute approximate surface area is 81.6 Å². The Morgan fingerprint density at radius 1 is 1.31 bits per heavy atom. The summed E-state index contributed by atoms with van der Waals surface area (Å²) in [6, 6.07) is 1.66. The molecule has 0 aliphatic heterocycles. The summed E-state index contributed by atoms with van der Waals surface area (Å²) in [5.41, 5.74) is 0. The summed E-state index contributed by atoms with van der Waals surface area (Å²) in [4.78, 5) is 11.3. The second-order valence-corrected chi connectivity index (χ2v) is 3.06. The van der Waals surface area contributed by atoms with Crippen LogP contribution in [0.3, 0.4) is 0 Å². The minimum atomic E-state index is -0.641. The van der Waals surface area contributed by atoms with Gasteiger partial charge in [0.15, 0.2) is 0 Å². The Bertz CT molecular complexity index is 414. The van der Waals surface area contributed by atoms with Crippen molar-refractivity contribution in [2.45, 2.75) is 0 Å². The molecule has 13 heavy (non-hydrogen) atoms. The summed E-state index contributed by atoms with van der Waals surface area (Å²) >= 11 is 3.05. The van der Waals surface area contributed by atoms with Gasteiger partial charge in [-0.3, -0.25) is 0 Å². The van der Waals surface area contributed by atoms with Gasteiger partial charge in [0.25, 0.3) is 6.08 Å². The first-order valence-corrected chi connectivity index (χ1v) is 4.24. The zero-order valence-electron chi connectivity index (χ0n) is 6.35. The lowest BCUT2D eigenvalue weighted by molar-refractivity contribution is 0.515. The maximum Gasteiger partial charge on any atom is 0.297 e. The number of nitrogens with zero attached hydrogens (tertiary/aromatic N) is 4. The van der Waals surface area contributed by atoms with Crippen LogP contribution >= 0.6 is 15.9 Å². The molecule has 0 unspecified atom stereocenters. The Morgan fingerprint density at radius 2 is 2.00 bits per heavy atom. The van der Waals surface area contributed by atoms with Crippen LogP contribution in [0.2, 0.25) is 0 Å². The average molecular weight is 243 g/mol. The lowest BCUT2D eigenvalue weighted by Gasteiger charge is -1.97. The van der Waals surface area contributed by atoms with Gasteiger partial charge in [0, 0.05) is 18.6 Å². The minimum absolute atomic E-state index is 0.262. The molecule has 0 spiro atoms. The first kappa shape index (κ1) is 8.31. The molecule has 2 heterocycles.